The molecule has 2 atom stereocenters. The van der Waals surface area contributed by atoms with Crippen molar-refractivity contribution in [2.75, 3.05) is 31.1 Å². The number of likely N-dealkylation sites (tertiary alicyclic amines) is 1. The highest BCUT2D eigenvalue weighted by Crippen LogP contribution is 2.30. The molecule has 0 aromatic heterocycles. The molecule has 2 fully saturated rings. The molecule has 2 heterocycles. The Morgan fingerprint density at radius 2 is 2.00 bits per heavy atom. The van der Waals surface area contributed by atoms with Crippen LogP contribution in [0, 0.1) is 23.5 Å². The Hall–Kier alpha value is -2.51. The number of carbonyl (C=O) groups excluding carboxylic acids is 3. The summed E-state index contributed by atoms with van der Waals surface area (Å²) in [4.78, 5) is 40.2. The van der Waals surface area contributed by atoms with Gasteiger partial charge in [0.2, 0.25) is 11.8 Å². The minimum absolute atomic E-state index is 0.0280. The Morgan fingerprint density at radius 3 is 2.70 bits per heavy atom. The summed E-state index contributed by atoms with van der Waals surface area (Å²) < 4.78 is 32.1. The molecule has 2 amide bonds. The fraction of sp³-hybridized carbons (Fsp3) is 0.526. The molecule has 2 saturated heterocycles. The molecular formula is C19H22F2N2O4. The fourth-order valence-corrected chi connectivity index (χ4v) is 3.70. The van der Waals surface area contributed by atoms with E-state index in [1.165, 1.54) is 15.9 Å². The Morgan fingerprint density at radius 1 is 1.22 bits per heavy atom. The van der Waals surface area contributed by atoms with E-state index < -0.39 is 23.5 Å². The summed E-state index contributed by atoms with van der Waals surface area (Å²) in [6.45, 7) is 2.90. The first-order chi connectivity index (χ1) is 12.9. The lowest BCUT2D eigenvalue weighted by Gasteiger charge is -2.32. The average Bonchev–Trinajstić information content (AvgIpc) is 3.03. The highest BCUT2D eigenvalue weighted by atomic mass is 19.1. The van der Waals surface area contributed by atoms with Crippen LogP contribution in [0.4, 0.5) is 14.5 Å². The molecular weight excluding hydrogens is 358 g/mol. The normalized spacial score (nSPS) is 22.9. The van der Waals surface area contributed by atoms with E-state index >= 15 is 0 Å². The molecule has 0 radical (unpaired) electrons. The van der Waals surface area contributed by atoms with E-state index in [4.69, 9.17) is 4.74 Å². The van der Waals surface area contributed by atoms with Crippen LogP contribution in [0.2, 0.25) is 0 Å². The maximum absolute atomic E-state index is 14.0. The van der Waals surface area contributed by atoms with Crippen LogP contribution in [0.25, 0.3) is 0 Å². The molecule has 0 aliphatic carbocycles. The fourth-order valence-electron chi connectivity index (χ4n) is 3.70. The van der Waals surface area contributed by atoms with Gasteiger partial charge in [-0.3, -0.25) is 14.4 Å². The molecule has 1 aromatic carbocycles. The molecule has 0 saturated carbocycles. The third-order valence-electron chi connectivity index (χ3n) is 5.06. The van der Waals surface area contributed by atoms with Crippen molar-refractivity contribution in [2.24, 2.45) is 11.8 Å². The van der Waals surface area contributed by atoms with Crippen LogP contribution in [-0.4, -0.2) is 48.9 Å². The third kappa shape index (κ3) is 3.94. The van der Waals surface area contributed by atoms with E-state index in [0.29, 0.717) is 25.5 Å². The molecule has 2 unspecified atom stereocenters. The highest BCUT2D eigenvalue weighted by molar-refractivity contribution is 6.09. The number of esters is 1. The molecule has 0 bridgehead atoms. The summed E-state index contributed by atoms with van der Waals surface area (Å²) in [5, 5.41) is 0. The predicted molar refractivity (Wildman–Crippen MR) is 92.8 cm³/mol. The van der Waals surface area contributed by atoms with Crippen molar-refractivity contribution in [1.82, 2.24) is 4.90 Å². The van der Waals surface area contributed by atoms with Gasteiger partial charge in [0, 0.05) is 25.7 Å². The summed E-state index contributed by atoms with van der Waals surface area (Å²) in [7, 11) is 0. The van der Waals surface area contributed by atoms with Gasteiger partial charge in [-0.15, -0.1) is 0 Å². The van der Waals surface area contributed by atoms with Crippen LogP contribution in [0.5, 0.6) is 0 Å². The number of hydrogen-bond acceptors (Lipinski definition) is 4. The van der Waals surface area contributed by atoms with Crippen molar-refractivity contribution >= 4 is 23.5 Å². The van der Waals surface area contributed by atoms with Crippen LogP contribution in [0.3, 0.4) is 0 Å². The molecule has 146 valence electrons. The van der Waals surface area contributed by atoms with E-state index in [0.717, 1.165) is 6.07 Å². The second-order valence-corrected chi connectivity index (χ2v) is 6.80. The monoisotopic (exact) mass is 380 g/mol. The van der Waals surface area contributed by atoms with Crippen LogP contribution in [-0.2, 0) is 19.1 Å². The van der Waals surface area contributed by atoms with Gasteiger partial charge in [0.25, 0.3) is 0 Å². The quantitative estimate of drug-likeness (QED) is 0.593. The second kappa shape index (κ2) is 8.02. The SMILES string of the molecule is CCOC(=O)C1CCCN(C(=O)C2CCN(c3ccc(F)cc3F)C2=O)C1. The van der Waals surface area contributed by atoms with Crippen LogP contribution < -0.4 is 4.90 Å². The lowest BCUT2D eigenvalue weighted by Crippen LogP contribution is -2.47. The molecule has 2 aliphatic rings. The van der Waals surface area contributed by atoms with Crippen molar-refractivity contribution in [3.63, 3.8) is 0 Å². The summed E-state index contributed by atoms with van der Waals surface area (Å²) in [5.74, 6) is -4.03. The first-order valence-electron chi connectivity index (χ1n) is 9.14. The largest absolute Gasteiger partial charge is 0.466 e. The standard InChI is InChI=1S/C19H22F2N2O4/c1-2-27-19(26)12-4-3-8-22(11-12)17(24)14-7-9-23(18(14)25)16-6-5-13(20)10-15(16)21/h5-6,10,12,14H,2-4,7-9,11H2,1H3. The molecule has 1 aromatic rings. The van der Waals surface area contributed by atoms with Gasteiger partial charge in [-0.2, -0.15) is 0 Å². The molecule has 2 aliphatic heterocycles. The van der Waals surface area contributed by atoms with E-state index in [2.05, 4.69) is 0 Å². The zero-order chi connectivity index (χ0) is 19.6. The number of amides is 2. The van der Waals surface area contributed by atoms with Gasteiger partial charge in [0.05, 0.1) is 18.2 Å². The van der Waals surface area contributed by atoms with Gasteiger partial charge in [0.1, 0.15) is 17.6 Å². The summed E-state index contributed by atoms with van der Waals surface area (Å²) in [5.41, 5.74) is -0.0280. The van der Waals surface area contributed by atoms with Crippen molar-refractivity contribution in [1.29, 1.82) is 0 Å². The molecule has 0 N–H and O–H groups in total. The number of rotatable bonds is 4. The predicted octanol–water partition coefficient (Wildman–Crippen LogP) is 2.12. The lowest BCUT2D eigenvalue weighted by molar-refractivity contribution is -0.152. The average molecular weight is 380 g/mol. The summed E-state index contributed by atoms with van der Waals surface area (Å²) >= 11 is 0. The number of halogens is 2. The molecule has 8 heteroatoms. The van der Waals surface area contributed by atoms with Crippen molar-refractivity contribution in [2.45, 2.75) is 26.2 Å². The smallest absolute Gasteiger partial charge is 0.310 e. The van der Waals surface area contributed by atoms with Gasteiger partial charge in [-0.05, 0) is 38.3 Å². The van der Waals surface area contributed by atoms with Gasteiger partial charge >= 0.3 is 5.97 Å². The number of piperidine rings is 1. The van der Waals surface area contributed by atoms with Crippen LogP contribution in [0.15, 0.2) is 18.2 Å². The highest BCUT2D eigenvalue weighted by Gasteiger charge is 2.42. The maximum atomic E-state index is 14.0. The Balaban J connectivity index is 1.69. The van der Waals surface area contributed by atoms with Crippen LogP contribution >= 0.6 is 0 Å². The van der Waals surface area contributed by atoms with Gasteiger partial charge in [0.15, 0.2) is 0 Å². The van der Waals surface area contributed by atoms with Crippen LogP contribution in [0.1, 0.15) is 26.2 Å². The zero-order valence-electron chi connectivity index (χ0n) is 15.1. The number of ether oxygens (including phenoxy) is 1. The van der Waals surface area contributed by atoms with E-state index in [9.17, 15) is 23.2 Å². The summed E-state index contributed by atoms with van der Waals surface area (Å²) in [6, 6.07) is 2.99. The number of anilines is 1. The first-order valence-corrected chi connectivity index (χ1v) is 9.14. The molecule has 0 spiro atoms. The number of carbonyl (C=O) groups is 3. The molecule has 6 nitrogen and oxygen atoms in total. The van der Waals surface area contributed by atoms with Gasteiger partial charge < -0.3 is 14.5 Å². The second-order valence-electron chi connectivity index (χ2n) is 6.80. The Bertz CT molecular complexity index is 755. The first kappa shape index (κ1) is 19.3. The third-order valence-corrected chi connectivity index (χ3v) is 5.06. The topological polar surface area (TPSA) is 66.9 Å². The minimum atomic E-state index is -0.907. The minimum Gasteiger partial charge on any atom is -0.466 e. The van der Waals surface area contributed by atoms with Gasteiger partial charge in [-0.1, -0.05) is 0 Å². The maximum Gasteiger partial charge on any atom is 0.310 e. The van der Waals surface area contributed by atoms with E-state index in [1.807, 2.05) is 0 Å². The summed E-state index contributed by atoms with van der Waals surface area (Å²) in [6.07, 6.45) is 1.57. The van der Waals surface area contributed by atoms with Crippen molar-refractivity contribution < 1.29 is 27.9 Å². The van der Waals surface area contributed by atoms with Crippen molar-refractivity contribution in [3.8, 4) is 0 Å². The number of benzene rings is 1. The zero-order valence-corrected chi connectivity index (χ0v) is 15.1. The van der Waals surface area contributed by atoms with Crippen molar-refractivity contribution in [3.05, 3.63) is 29.8 Å². The van der Waals surface area contributed by atoms with E-state index in [-0.39, 0.29) is 49.6 Å². The van der Waals surface area contributed by atoms with E-state index in [1.54, 1.807) is 6.92 Å². The molecule has 27 heavy (non-hydrogen) atoms. The number of hydrogen-bond donors (Lipinski definition) is 0. The molecule has 3 rings (SSSR count). The number of nitrogens with zero attached hydrogens (tertiary/aromatic N) is 2. The van der Waals surface area contributed by atoms with Gasteiger partial charge in [-0.25, -0.2) is 8.78 Å². The Labute approximate surface area is 156 Å². The lowest BCUT2D eigenvalue weighted by atomic mass is 9.96. The Kier molecular flexibility index (Phi) is 5.72.